The zero-order valence-corrected chi connectivity index (χ0v) is 8.74. The number of nitrogens with zero attached hydrogens (tertiary/aromatic N) is 2. The third kappa shape index (κ3) is 1.53. The normalized spacial score (nSPS) is 10.1. The van der Waals surface area contributed by atoms with Crippen molar-refractivity contribution in [3.05, 3.63) is 48.9 Å². The van der Waals surface area contributed by atoms with E-state index in [0.717, 1.165) is 10.9 Å². The Morgan fingerprint density at radius 2 is 1.67 bits per heavy atom. The minimum absolute atomic E-state index is 0. The standard InChI is InChI=1S/C12H8N2.ClH/c1-2-4-11-9(3-1)5-6-10-7-13-8-14-12(10)11;/h1-8H;1H. The van der Waals surface area contributed by atoms with E-state index in [2.05, 4.69) is 34.2 Å². The molecule has 0 aliphatic carbocycles. The van der Waals surface area contributed by atoms with E-state index < -0.39 is 0 Å². The highest BCUT2D eigenvalue weighted by Gasteiger charge is 1.99. The van der Waals surface area contributed by atoms with Crippen molar-refractivity contribution < 1.29 is 0 Å². The first-order valence-corrected chi connectivity index (χ1v) is 4.52. The minimum Gasteiger partial charge on any atom is -0.244 e. The van der Waals surface area contributed by atoms with Crippen LogP contribution >= 0.6 is 12.4 Å². The molecule has 0 amide bonds. The maximum atomic E-state index is 4.30. The summed E-state index contributed by atoms with van der Waals surface area (Å²) in [7, 11) is 0. The average Bonchev–Trinajstić information content (AvgIpc) is 2.29. The van der Waals surface area contributed by atoms with E-state index in [-0.39, 0.29) is 12.4 Å². The van der Waals surface area contributed by atoms with Gasteiger partial charge in [-0.25, -0.2) is 9.97 Å². The van der Waals surface area contributed by atoms with Crippen LogP contribution in [0.1, 0.15) is 0 Å². The summed E-state index contributed by atoms with van der Waals surface area (Å²) >= 11 is 0. The number of hydrogen-bond donors (Lipinski definition) is 0. The summed E-state index contributed by atoms with van der Waals surface area (Å²) in [5.74, 6) is 0. The van der Waals surface area contributed by atoms with Crippen LogP contribution in [-0.4, -0.2) is 9.97 Å². The van der Waals surface area contributed by atoms with Crippen LogP contribution in [0.4, 0.5) is 0 Å². The average molecular weight is 217 g/mol. The number of hydrogen-bond acceptors (Lipinski definition) is 2. The van der Waals surface area contributed by atoms with Crippen molar-refractivity contribution in [1.29, 1.82) is 0 Å². The van der Waals surface area contributed by atoms with Crippen LogP contribution in [0.3, 0.4) is 0 Å². The van der Waals surface area contributed by atoms with Crippen LogP contribution in [0.5, 0.6) is 0 Å². The van der Waals surface area contributed by atoms with Crippen molar-refractivity contribution in [2.24, 2.45) is 0 Å². The predicted octanol–water partition coefficient (Wildman–Crippen LogP) is 3.20. The van der Waals surface area contributed by atoms with E-state index in [4.69, 9.17) is 0 Å². The molecular weight excluding hydrogens is 208 g/mol. The fraction of sp³-hybridized carbons (Fsp3) is 0. The Morgan fingerprint density at radius 1 is 0.867 bits per heavy atom. The first kappa shape index (κ1) is 9.87. The van der Waals surface area contributed by atoms with E-state index >= 15 is 0 Å². The van der Waals surface area contributed by atoms with Crippen LogP contribution in [-0.2, 0) is 0 Å². The molecule has 15 heavy (non-hydrogen) atoms. The van der Waals surface area contributed by atoms with Crippen LogP contribution < -0.4 is 0 Å². The molecule has 0 spiro atoms. The first-order chi connectivity index (χ1) is 6.95. The molecule has 3 rings (SSSR count). The summed E-state index contributed by atoms with van der Waals surface area (Å²) < 4.78 is 0. The summed E-state index contributed by atoms with van der Waals surface area (Å²) in [5, 5.41) is 3.50. The second-order valence-electron chi connectivity index (χ2n) is 3.25. The van der Waals surface area contributed by atoms with Gasteiger partial charge in [-0.05, 0) is 5.39 Å². The molecular formula is C12H9ClN2. The van der Waals surface area contributed by atoms with Gasteiger partial charge in [-0.15, -0.1) is 12.4 Å². The van der Waals surface area contributed by atoms with Gasteiger partial charge in [-0.2, -0.15) is 0 Å². The van der Waals surface area contributed by atoms with Crippen molar-refractivity contribution in [1.82, 2.24) is 9.97 Å². The lowest BCUT2D eigenvalue weighted by Gasteiger charge is -2.00. The summed E-state index contributed by atoms with van der Waals surface area (Å²) in [6, 6.07) is 12.4. The molecule has 0 fully saturated rings. The summed E-state index contributed by atoms with van der Waals surface area (Å²) in [6.45, 7) is 0. The molecule has 0 atom stereocenters. The number of halogens is 1. The van der Waals surface area contributed by atoms with Crippen molar-refractivity contribution >= 4 is 34.1 Å². The Hall–Kier alpha value is -1.67. The Bertz CT molecular complexity index is 553. The number of benzene rings is 2. The van der Waals surface area contributed by atoms with Crippen LogP contribution in [0.2, 0.25) is 0 Å². The third-order valence-corrected chi connectivity index (χ3v) is 2.40. The summed E-state index contributed by atoms with van der Waals surface area (Å²) in [6.07, 6.45) is 3.43. The van der Waals surface area contributed by atoms with Gasteiger partial charge in [0.25, 0.3) is 0 Å². The van der Waals surface area contributed by atoms with E-state index in [1.165, 1.54) is 10.8 Å². The highest BCUT2D eigenvalue weighted by Crippen LogP contribution is 2.21. The molecule has 0 aliphatic heterocycles. The van der Waals surface area contributed by atoms with Gasteiger partial charge >= 0.3 is 0 Å². The molecule has 2 nitrogen and oxygen atoms in total. The van der Waals surface area contributed by atoms with E-state index in [1.54, 1.807) is 6.33 Å². The largest absolute Gasteiger partial charge is 0.244 e. The zero-order chi connectivity index (χ0) is 9.38. The molecule has 0 bridgehead atoms. The van der Waals surface area contributed by atoms with Gasteiger partial charge in [0.05, 0.1) is 5.52 Å². The van der Waals surface area contributed by atoms with Crippen molar-refractivity contribution in [2.75, 3.05) is 0 Å². The Kier molecular flexibility index (Phi) is 2.52. The fourth-order valence-corrected chi connectivity index (χ4v) is 1.72. The fourth-order valence-electron chi connectivity index (χ4n) is 1.72. The molecule has 0 unspecified atom stereocenters. The van der Waals surface area contributed by atoms with Gasteiger partial charge in [0.15, 0.2) is 0 Å². The summed E-state index contributed by atoms with van der Waals surface area (Å²) in [5.41, 5.74) is 1.03. The molecule has 0 saturated heterocycles. The zero-order valence-electron chi connectivity index (χ0n) is 7.92. The molecule has 0 radical (unpaired) electrons. The lowest BCUT2D eigenvalue weighted by Crippen LogP contribution is -1.82. The number of fused-ring (bicyclic) bond motifs is 3. The monoisotopic (exact) mass is 216 g/mol. The number of aromatic nitrogens is 2. The second-order valence-corrected chi connectivity index (χ2v) is 3.25. The van der Waals surface area contributed by atoms with Crippen molar-refractivity contribution in [3.63, 3.8) is 0 Å². The molecule has 3 heteroatoms. The lowest BCUT2D eigenvalue weighted by molar-refractivity contribution is 1.23. The van der Waals surface area contributed by atoms with Gasteiger partial charge in [-0.1, -0.05) is 36.4 Å². The van der Waals surface area contributed by atoms with Gasteiger partial charge in [-0.3, -0.25) is 0 Å². The topological polar surface area (TPSA) is 25.8 Å². The van der Waals surface area contributed by atoms with E-state index in [9.17, 15) is 0 Å². The van der Waals surface area contributed by atoms with Crippen molar-refractivity contribution in [3.8, 4) is 0 Å². The van der Waals surface area contributed by atoms with Gasteiger partial charge in [0, 0.05) is 17.0 Å². The quantitative estimate of drug-likeness (QED) is 0.540. The number of rotatable bonds is 0. The molecule has 0 saturated carbocycles. The van der Waals surface area contributed by atoms with Crippen molar-refractivity contribution in [2.45, 2.75) is 0 Å². The third-order valence-electron chi connectivity index (χ3n) is 2.40. The maximum absolute atomic E-state index is 4.30. The maximum Gasteiger partial charge on any atom is 0.116 e. The second kappa shape index (κ2) is 3.83. The van der Waals surface area contributed by atoms with Crippen LogP contribution in [0, 0.1) is 0 Å². The lowest BCUT2D eigenvalue weighted by atomic mass is 10.1. The van der Waals surface area contributed by atoms with E-state index in [0.29, 0.717) is 0 Å². The van der Waals surface area contributed by atoms with Gasteiger partial charge < -0.3 is 0 Å². The molecule has 2 aromatic carbocycles. The predicted molar refractivity (Wildman–Crippen MR) is 64.3 cm³/mol. The molecule has 0 N–H and O–H groups in total. The van der Waals surface area contributed by atoms with E-state index in [1.807, 2.05) is 18.3 Å². The molecule has 1 heterocycles. The Morgan fingerprint density at radius 3 is 2.60 bits per heavy atom. The summed E-state index contributed by atoms with van der Waals surface area (Å²) in [4.78, 5) is 8.31. The SMILES string of the molecule is Cl.c1ccc2c(c1)ccc1cncnc12. The van der Waals surface area contributed by atoms with Crippen LogP contribution in [0.25, 0.3) is 21.7 Å². The minimum atomic E-state index is 0. The molecule has 1 aromatic heterocycles. The van der Waals surface area contributed by atoms with Gasteiger partial charge in [0.1, 0.15) is 6.33 Å². The molecule has 0 aliphatic rings. The van der Waals surface area contributed by atoms with Crippen LogP contribution in [0.15, 0.2) is 48.9 Å². The van der Waals surface area contributed by atoms with Gasteiger partial charge in [0.2, 0.25) is 0 Å². The Labute approximate surface area is 93.4 Å². The first-order valence-electron chi connectivity index (χ1n) is 4.52. The molecule has 3 aromatic rings. The highest BCUT2D eigenvalue weighted by molar-refractivity contribution is 6.04. The smallest absolute Gasteiger partial charge is 0.116 e. The highest BCUT2D eigenvalue weighted by atomic mass is 35.5. The Balaban J connectivity index is 0.000000853. The molecule has 74 valence electrons.